The second-order valence-electron chi connectivity index (χ2n) is 15.5. The average molecular weight is 765 g/mol. The van der Waals surface area contributed by atoms with Gasteiger partial charge in [-0.05, 0) is 50.2 Å². The van der Waals surface area contributed by atoms with Crippen molar-refractivity contribution in [2.45, 2.75) is 0 Å². The van der Waals surface area contributed by atoms with Crippen molar-refractivity contribution < 1.29 is 4.42 Å². The third kappa shape index (κ3) is 4.77. The lowest BCUT2D eigenvalue weighted by Crippen LogP contribution is -2.07. The van der Waals surface area contributed by atoms with Crippen LogP contribution < -0.4 is 0 Å². The molecule has 13 aromatic rings. The van der Waals surface area contributed by atoms with Gasteiger partial charge >= 0.3 is 0 Å². The Kier molecular flexibility index (Phi) is 6.95. The first-order valence-electron chi connectivity index (χ1n) is 20.3. The number of nitrogens with zero attached hydrogens (tertiary/aromatic N) is 4. The van der Waals surface area contributed by atoms with Gasteiger partial charge < -0.3 is 4.42 Å². The van der Waals surface area contributed by atoms with Crippen LogP contribution in [0.1, 0.15) is 0 Å². The monoisotopic (exact) mass is 764 g/mol. The normalized spacial score (nSPS) is 12.0. The van der Waals surface area contributed by atoms with Crippen LogP contribution in [-0.2, 0) is 0 Å². The zero-order valence-corrected chi connectivity index (χ0v) is 32.2. The lowest BCUT2D eigenvalue weighted by molar-refractivity contribution is 0.672. The van der Waals surface area contributed by atoms with Crippen LogP contribution in [-0.4, -0.2) is 19.5 Å². The van der Waals surface area contributed by atoms with Crippen LogP contribution in [0, 0.1) is 0 Å². The predicted molar refractivity (Wildman–Crippen MR) is 248 cm³/mol. The molecule has 0 aliphatic rings. The Labute approximate surface area is 343 Å². The predicted octanol–water partition coefficient (Wildman–Crippen LogP) is 14.5. The number of hydrogen-bond donors (Lipinski definition) is 0. The first-order valence-corrected chi connectivity index (χ1v) is 20.3. The Morgan fingerprint density at radius 1 is 0.317 bits per heavy atom. The number of hydrogen-bond acceptors (Lipinski definition) is 4. The number of fused-ring (bicyclic) bond motifs is 13. The first kappa shape index (κ1) is 32.9. The minimum absolute atomic E-state index is 0.547. The Balaban J connectivity index is 1.18. The second-order valence-corrected chi connectivity index (χ2v) is 15.5. The highest BCUT2D eigenvalue weighted by molar-refractivity contribution is 6.24. The molecule has 0 saturated carbocycles. The van der Waals surface area contributed by atoms with Crippen molar-refractivity contribution in [3.63, 3.8) is 0 Å². The van der Waals surface area contributed by atoms with Gasteiger partial charge in [-0.15, -0.1) is 0 Å². The van der Waals surface area contributed by atoms with E-state index in [0.717, 1.165) is 98.3 Å². The summed E-state index contributed by atoms with van der Waals surface area (Å²) in [5, 5.41) is 13.4. The van der Waals surface area contributed by atoms with Crippen molar-refractivity contribution in [3.05, 3.63) is 194 Å². The van der Waals surface area contributed by atoms with E-state index in [1.165, 1.54) is 10.8 Å². The molecule has 60 heavy (non-hydrogen) atoms. The lowest BCUT2D eigenvalue weighted by atomic mass is 9.94. The summed E-state index contributed by atoms with van der Waals surface area (Å²) < 4.78 is 8.98. The highest BCUT2D eigenvalue weighted by Gasteiger charge is 2.24. The average Bonchev–Trinajstić information content (AvgIpc) is 3.88. The van der Waals surface area contributed by atoms with Crippen molar-refractivity contribution in [1.29, 1.82) is 0 Å². The van der Waals surface area contributed by atoms with Crippen LogP contribution in [0.25, 0.3) is 127 Å². The molecule has 13 rings (SSSR count). The molecule has 5 nitrogen and oxygen atoms in total. The zero-order chi connectivity index (χ0) is 39.3. The summed E-state index contributed by atoms with van der Waals surface area (Å²) in [5.74, 6) is 1.70. The topological polar surface area (TPSA) is 56.7 Å². The third-order valence-corrected chi connectivity index (χ3v) is 12.2. The molecule has 5 heteroatoms. The maximum Gasteiger partial charge on any atom is 0.238 e. The van der Waals surface area contributed by atoms with Crippen molar-refractivity contribution in [1.82, 2.24) is 19.5 Å². The van der Waals surface area contributed by atoms with E-state index in [9.17, 15) is 0 Å². The molecule has 0 spiro atoms. The van der Waals surface area contributed by atoms with Crippen molar-refractivity contribution in [3.8, 4) is 39.9 Å². The van der Waals surface area contributed by atoms with Gasteiger partial charge in [0.15, 0.2) is 11.6 Å². The molecule has 3 aromatic heterocycles. The Morgan fingerprint density at radius 2 is 0.783 bits per heavy atom. The van der Waals surface area contributed by atoms with Crippen molar-refractivity contribution >= 4 is 86.8 Å². The summed E-state index contributed by atoms with van der Waals surface area (Å²) in [6, 6.07) is 68.5. The Hall–Kier alpha value is -8.15. The van der Waals surface area contributed by atoms with Crippen LogP contribution in [0.4, 0.5) is 0 Å². The minimum Gasteiger partial charge on any atom is -0.455 e. The summed E-state index contributed by atoms with van der Waals surface area (Å²) in [4.78, 5) is 16.5. The molecule has 3 heterocycles. The zero-order valence-electron chi connectivity index (χ0n) is 32.2. The van der Waals surface area contributed by atoms with E-state index < -0.39 is 0 Å². The molecule has 0 atom stereocenters. The molecule has 0 radical (unpaired) electrons. The van der Waals surface area contributed by atoms with Gasteiger partial charge in [-0.2, -0.15) is 9.97 Å². The van der Waals surface area contributed by atoms with Crippen LogP contribution >= 0.6 is 0 Å². The van der Waals surface area contributed by atoms with E-state index >= 15 is 0 Å². The maximum atomic E-state index is 6.70. The van der Waals surface area contributed by atoms with Crippen LogP contribution in [0.2, 0.25) is 0 Å². The van der Waals surface area contributed by atoms with Gasteiger partial charge in [0.2, 0.25) is 5.95 Å². The molecule has 0 unspecified atom stereocenters. The molecule has 10 aromatic carbocycles. The van der Waals surface area contributed by atoms with E-state index in [2.05, 4.69) is 187 Å². The Bertz CT molecular complexity index is 3820. The number of aromatic nitrogens is 4. The molecule has 0 fully saturated rings. The van der Waals surface area contributed by atoms with E-state index in [-0.39, 0.29) is 0 Å². The summed E-state index contributed by atoms with van der Waals surface area (Å²) in [6.45, 7) is 0. The van der Waals surface area contributed by atoms with Gasteiger partial charge in [0.1, 0.15) is 11.2 Å². The highest BCUT2D eigenvalue weighted by Crippen LogP contribution is 2.43. The number of benzene rings is 10. The van der Waals surface area contributed by atoms with Gasteiger partial charge in [0.25, 0.3) is 0 Å². The third-order valence-electron chi connectivity index (χ3n) is 12.2. The van der Waals surface area contributed by atoms with Crippen LogP contribution in [0.15, 0.2) is 199 Å². The fraction of sp³-hybridized carbons (Fsp3) is 0. The smallest absolute Gasteiger partial charge is 0.238 e. The van der Waals surface area contributed by atoms with E-state index in [1.54, 1.807) is 0 Å². The van der Waals surface area contributed by atoms with Crippen LogP contribution in [0.5, 0.6) is 0 Å². The molecule has 0 saturated heterocycles. The standard InChI is InChI=1S/C55H32N4O/c1-5-18-37-33(13-1)17-11-24-41(37)42-22-9-10-23-45(42)53-56-54(47-25-12-26-48-49(47)46-32-29-36-16-4-8-21-40(36)52(46)60-48)58-55(57-53)59-50-38-19-6-2-14-34(38)27-30-43(50)44-31-28-35-15-3-7-20-39(35)51(44)59/h1-32H. The maximum absolute atomic E-state index is 6.70. The molecule has 0 amide bonds. The van der Waals surface area contributed by atoms with E-state index in [1.807, 2.05) is 12.1 Å². The quantitative estimate of drug-likeness (QED) is 0.179. The number of furan rings is 1. The van der Waals surface area contributed by atoms with Gasteiger partial charge in [-0.3, -0.25) is 4.57 Å². The summed E-state index contributed by atoms with van der Waals surface area (Å²) in [5.41, 5.74) is 7.73. The SMILES string of the molecule is c1ccc(-c2cccc3ccccc23)c(-c2nc(-c3cccc4oc5c6ccccc6ccc5c34)nc(-n3c4c5ccccc5ccc4c4ccc5ccccc5c43)n2)c1. The fourth-order valence-corrected chi connectivity index (χ4v) is 9.56. The van der Waals surface area contributed by atoms with Gasteiger partial charge in [0.05, 0.1) is 11.0 Å². The molecular weight excluding hydrogens is 733 g/mol. The molecular formula is C55H32N4O. The largest absolute Gasteiger partial charge is 0.455 e. The lowest BCUT2D eigenvalue weighted by Gasteiger charge is -2.15. The van der Waals surface area contributed by atoms with Crippen molar-refractivity contribution in [2.75, 3.05) is 0 Å². The van der Waals surface area contributed by atoms with Gasteiger partial charge in [-0.1, -0.05) is 182 Å². The summed E-state index contributed by atoms with van der Waals surface area (Å²) >= 11 is 0. The van der Waals surface area contributed by atoms with Crippen LogP contribution in [0.3, 0.4) is 0 Å². The summed E-state index contributed by atoms with van der Waals surface area (Å²) in [6.07, 6.45) is 0. The number of rotatable bonds is 4. The summed E-state index contributed by atoms with van der Waals surface area (Å²) in [7, 11) is 0. The molecule has 0 bridgehead atoms. The Morgan fingerprint density at radius 3 is 1.47 bits per heavy atom. The molecule has 278 valence electrons. The first-order chi connectivity index (χ1) is 29.8. The molecule has 0 aliphatic heterocycles. The fourth-order valence-electron chi connectivity index (χ4n) is 9.56. The van der Waals surface area contributed by atoms with E-state index in [4.69, 9.17) is 19.4 Å². The molecule has 0 N–H and O–H groups in total. The minimum atomic E-state index is 0.547. The highest BCUT2D eigenvalue weighted by atomic mass is 16.3. The molecule has 0 aliphatic carbocycles. The second kappa shape index (κ2) is 12.7. The van der Waals surface area contributed by atoms with Gasteiger partial charge in [0, 0.05) is 48.8 Å². The van der Waals surface area contributed by atoms with E-state index in [0.29, 0.717) is 17.6 Å². The van der Waals surface area contributed by atoms with Gasteiger partial charge in [-0.25, -0.2) is 4.98 Å². The van der Waals surface area contributed by atoms with Crippen molar-refractivity contribution in [2.24, 2.45) is 0 Å².